The van der Waals surface area contributed by atoms with Crippen LogP contribution in [0.4, 0.5) is 4.79 Å². The second kappa shape index (κ2) is 6.19. The Morgan fingerprint density at radius 1 is 1.27 bits per heavy atom. The first-order valence-corrected chi connectivity index (χ1v) is 8.87. The smallest absolute Gasteiger partial charge is 0.410 e. The predicted octanol–water partition coefficient (Wildman–Crippen LogP) is 1.16. The van der Waals surface area contributed by atoms with Crippen molar-refractivity contribution in [3.05, 3.63) is 34.7 Å². The number of H-pyrrole nitrogens is 1. The molecule has 26 heavy (non-hydrogen) atoms. The van der Waals surface area contributed by atoms with Gasteiger partial charge in [-0.3, -0.25) is 9.36 Å². The van der Waals surface area contributed by atoms with Crippen molar-refractivity contribution < 1.29 is 14.3 Å². The number of nitrogens with one attached hydrogen (secondary N) is 1. The minimum atomic E-state index is -0.586. The number of likely N-dealkylation sites (tertiary alicyclic amines) is 1. The van der Waals surface area contributed by atoms with Crippen molar-refractivity contribution in [2.75, 3.05) is 26.7 Å². The number of amides is 2. The Morgan fingerprint density at radius 3 is 2.85 bits per heavy atom. The lowest BCUT2D eigenvalue weighted by molar-refractivity contribution is -0.137. The molecule has 2 amide bonds. The number of fused-ring (bicyclic) bond motifs is 1. The maximum atomic E-state index is 12.7. The van der Waals surface area contributed by atoms with E-state index in [1.807, 2.05) is 24.3 Å². The van der Waals surface area contributed by atoms with E-state index in [2.05, 4.69) is 4.98 Å². The van der Waals surface area contributed by atoms with Gasteiger partial charge in [-0.05, 0) is 25.0 Å². The van der Waals surface area contributed by atoms with E-state index in [0.717, 1.165) is 23.9 Å². The maximum Gasteiger partial charge on any atom is 0.410 e. The first-order chi connectivity index (χ1) is 12.5. The van der Waals surface area contributed by atoms with E-state index in [1.165, 1.54) is 0 Å². The molecular formula is C18H22N4O4. The van der Waals surface area contributed by atoms with Gasteiger partial charge >= 0.3 is 11.8 Å². The van der Waals surface area contributed by atoms with E-state index in [-0.39, 0.29) is 24.1 Å². The molecule has 2 fully saturated rings. The summed E-state index contributed by atoms with van der Waals surface area (Å²) in [4.78, 5) is 42.7. The number of aryl methyl sites for hydroxylation is 1. The lowest BCUT2D eigenvalue weighted by Crippen LogP contribution is -2.52. The number of rotatable bonds is 3. The van der Waals surface area contributed by atoms with Crippen LogP contribution in [0.1, 0.15) is 19.3 Å². The van der Waals surface area contributed by atoms with Gasteiger partial charge in [0.15, 0.2) is 0 Å². The molecule has 8 nitrogen and oxygen atoms in total. The van der Waals surface area contributed by atoms with Gasteiger partial charge in [-0.25, -0.2) is 9.59 Å². The summed E-state index contributed by atoms with van der Waals surface area (Å²) in [5.74, 6) is -0.0214. The second-order valence-electron chi connectivity index (χ2n) is 7.17. The molecule has 3 heterocycles. The molecule has 2 saturated heterocycles. The summed E-state index contributed by atoms with van der Waals surface area (Å²) in [7, 11) is 1.71. The Balaban J connectivity index is 1.44. The van der Waals surface area contributed by atoms with Crippen LogP contribution >= 0.6 is 0 Å². The number of hydrogen-bond acceptors (Lipinski definition) is 4. The predicted molar refractivity (Wildman–Crippen MR) is 94.8 cm³/mol. The van der Waals surface area contributed by atoms with Crippen LogP contribution in [-0.4, -0.2) is 63.6 Å². The van der Waals surface area contributed by atoms with Gasteiger partial charge in [0.25, 0.3) is 0 Å². The zero-order chi connectivity index (χ0) is 18.3. The number of aromatic nitrogens is 2. The molecule has 138 valence electrons. The average molecular weight is 358 g/mol. The Hall–Kier alpha value is -2.77. The van der Waals surface area contributed by atoms with E-state index in [4.69, 9.17) is 4.74 Å². The Labute approximate surface area is 150 Å². The summed E-state index contributed by atoms with van der Waals surface area (Å²) in [6, 6.07) is 7.43. The van der Waals surface area contributed by atoms with Crippen LogP contribution in [0, 0.1) is 0 Å². The van der Waals surface area contributed by atoms with Crippen molar-refractivity contribution in [3.8, 4) is 0 Å². The highest BCUT2D eigenvalue weighted by Gasteiger charge is 2.47. The summed E-state index contributed by atoms with van der Waals surface area (Å²) in [5.41, 5.74) is 0.771. The highest BCUT2D eigenvalue weighted by Crippen LogP contribution is 2.31. The fraction of sp³-hybridized carbons (Fsp3) is 0.500. The van der Waals surface area contributed by atoms with Crippen LogP contribution < -0.4 is 5.69 Å². The van der Waals surface area contributed by atoms with Crippen molar-refractivity contribution in [1.29, 1.82) is 0 Å². The summed E-state index contributed by atoms with van der Waals surface area (Å²) in [6.07, 6.45) is 1.49. The van der Waals surface area contributed by atoms with Crippen molar-refractivity contribution in [2.45, 2.75) is 31.4 Å². The number of ether oxygens (including phenoxy) is 1. The number of benzene rings is 1. The van der Waals surface area contributed by atoms with E-state index in [0.29, 0.717) is 26.2 Å². The molecule has 8 heteroatoms. The molecule has 1 spiro atoms. The minimum Gasteiger partial charge on any atom is -0.439 e. The third-order valence-electron chi connectivity index (χ3n) is 5.26. The molecule has 1 N–H and O–H groups in total. The number of hydrogen-bond donors (Lipinski definition) is 1. The first kappa shape index (κ1) is 16.7. The number of carbonyl (C=O) groups excluding carboxylic acids is 2. The summed E-state index contributed by atoms with van der Waals surface area (Å²) < 4.78 is 7.14. The molecule has 0 saturated carbocycles. The lowest BCUT2D eigenvalue weighted by atomic mass is 9.92. The molecule has 0 unspecified atom stereocenters. The number of imidazole rings is 1. The second-order valence-corrected chi connectivity index (χ2v) is 7.17. The van der Waals surface area contributed by atoms with Crippen molar-refractivity contribution >= 4 is 23.0 Å². The molecule has 1 atom stereocenters. The fourth-order valence-corrected chi connectivity index (χ4v) is 4.01. The molecule has 1 aromatic carbocycles. The lowest BCUT2D eigenvalue weighted by Gasteiger charge is -2.38. The van der Waals surface area contributed by atoms with Gasteiger partial charge in [-0.15, -0.1) is 0 Å². The quantitative estimate of drug-likeness (QED) is 0.892. The summed E-state index contributed by atoms with van der Waals surface area (Å²) >= 11 is 0. The maximum absolute atomic E-state index is 12.7. The Morgan fingerprint density at radius 2 is 2.08 bits per heavy atom. The largest absolute Gasteiger partial charge is 0.439 e. The molecule has 2 aliphatic rings. The van der Waals surface area contributed by atoms with Crippen LogP contribution in [0.3, 0.4) is 0 Å². The SMILES string of the molecule is CN1C[C@@]2(CCCN(C(=O)CCn3c(=O)[nH]c4ccccc43)C2)OC1=O. The number of piperidine rings is 1. The molecular weight excluding hydrogens is 336 g/mol. The summed E-state index contributed by atoms with van der Waals surface area (Å²) in [6.45, 7) is 1.91. The van der Waals surface area contributed by atoms with Crippen LogP contribution in [0.2, 0.25) is 0 Å². The zero-order valence-electron chi connectivity index (χ0n) is 14.7. The highest BCUT2D eigenvalue weighted by atomic mass is 16.6. The average Bonchev–Trinajstić information content (AvgIpc) is 3.08. The number of carbonyl (C=O) groups is 2. The summed E-state index contributed by atoms with van der Waals surface area (Å²) in [5, 5.41) is 0. The van der Waals surface area contributed by atoms with E-state index >= 15 is 0 Å². The van der Waals surface area contributed by atoms with Gasteiger partial charge in [-0.1, -0.05) is 12.1 Å². The first-order valence-electron chi connectivity index (χ1n) is 8.87. The van der Waals surface area contributed by atoms with Crippen LogP contribution in [0.25, 0.3) is 11.0 Å². The Bertz CT molecular complexity index is 917. The van der Waals surface area contributed by atoms with Crippen LogP contribution in [0.5, 0.6) is 0 Å². The fourth-order valence-electron chi connectivity index (χ4n) is 4.01. The van der Waals surface area contributed by atoms with Gasteiger partial charge < -0.3 is 19.5 Å². The van der Waals surface area contributed by atoms with Crippen LogP contribution in [-0.2, 0) is 16.1 Å². The van der Waals surface area contributed by atoms with Gasteiger partial charge in [0, 0.05) is 26.6 Å². The van der Waals surface area contributed by atoms with Gasteiger partial charge in [0.1, 0.15) is 5.60 Å². The van der Waals surface area contributed by atoms with Crippen molar-refractivity contribution in [1.82, 2.24) is 19.4 Å². The van der Waals surface area contributed by atoms with E-state index in [9.17, 15) is 14.4 Å². The standard InChI is InChI=1S/C18H22N4O4/c1-20-11-18(26-17(20)25)8-4-9-21(12-18)15(23)7-10-22-14-6-3-2-5-13(14)19-16(22)24/h2-3,5-6H,4,7-12H2,1H3,(H,19,24)/t18-/m1/s1. The van der Waals surface area contributed by atoms with Gasteiger partial charge in [-0.2, -0.15) is 0 Å². The van der Waals surface area contributed by atoms with Crippen molar-refractivity contribution in [3.63, 3.8) is 0 Å². The van der Waals surface area contributed by atoms with E-state index < -0.39 is 5.60 Å². The molecule has 0 radical (unpaired) electrons. The van der Waals surface area contributed by atoms with Gasteiger partial charge in [0.2, 0.25) is 5.91 Å². The molecule has 0 bridgehead atoms. The number of aromatic amines is 1. The Kier molecular flexibility index (Phi) is 3.97. The minimum absolute atomic E-state index is 0.0214. The topological polar surface area (TPSA) is 87.6 Å². The third-order valence-corrected chi connectivity index (χ3v) is 5.26. The third kappa shape index (κ3) is 2.85. The molecule has 2 aliphatic heterocycles. The number of nitrogens with zero attached hydrogens (tertiary/aromatic N) is 3. The van der Waals surface area contributed by atoms with Crippen molar-refractivity contribution in [2.24, 2.45) is 0 Å². The zero-order valence-corrected chi connectivity index (χ0v) is 14.7. The molecule has 2 aromatic rings. The number of para-hydroxylation sites is 2. The molecule has 1 aromatic heterocycles. The van der Waals surface area contributed by atoms with Crippen LogP contribution in [0.15, 0.2) is 29.1 Å². The monoisotopic (exact) mass is 358 g/mol. The molecule has 0 aliphatic carbocycles. The van der Waals surface area contributed by atoms with Gasteiger partial charge in [0.05, 0.1) is 24.1 Å². The normalized spacial score (nSPS) is 23.0. The highest BCUT2D eigenvalue weighted by molar-refractivity contribution is 5.78. The number of likely N-dealkylation sites (N-methyl/N-ethyl adjacent to an activating group) is 1. The molecule has 4 rings (SSSR count). The van der Waals surface area contributed by atoms with E-state index in [1.54, 1.807) is 21.4 Å².